The predicted molar refractivity (Wildman–Crippen MR) is 242 cm³/mol. The Morgan fingerprint density at radius 2 is 0.772 bits per heavy atom. The second-order valence-electron chi connectivity index (χ2n) is 14.6. The molecule has 0 aromatic carbocycles. The highest BCUT2D eigenvalue weighted by Crippen LogP contribution is 2.12. The molecule has 0 amide bonds. The Bertz CT molecular complexity index is 1180. The van der Waals surface area contributed by atoms with E-state index in [2.05, 4.69) is 81.5 Å². The average Bonchev–Trinajstić information content (AvgIpc) is 3.21. The molecule has 322 valence electrons. The van der Waals surface area contributed by atoms with Crippen LogP contribution in [0.4, 0.5) is 0 Å². The summed E-state index contributed by atoms with van der Waals surface area (Å²) in [4.78, 5) is 37.7. The highest BCUT2D eigenvalue weighted by molar-refractivity contribution is 5.71. The van der Waals surface area contributed by atoms with E-state index in [-0.39, 0.29) is 37.5 Å². The molecule has 0 spiro atoms. The smallest absolute Gasteiger partial charge is 0.306 e. The summed E-state index contributed by atoms with van der Waals surface area (Å²) >= 11 is 0. The summed E-state index contributed by atoms with van der Waals surface area (Å²) in [6.07, 6.45) is 58.2. The fourth-order valence-corrected chi connectivity index (χ4v) is 5.74. The van der Waals surface area contributed by atoms with Gasteiger partial charge in [-0.05, 0) is 89.9 Å². The van der Waals surface area contributed by atoms with Gasteiger partial charge in [-0.3, -0.25) is 14.4 Å². The molecule has 0 aromatic rings. The molecular weight excluding hydrogens is 709 g/mol. The summed E-state index contributed by atoms with van der Waals surface area (Å²) < 4.78 is 16.6. The monoisotopic (exact) mass is 791 g/mol. The van der Waals surface area contributed by atoms with Crippen LogP contribution in [0.5, 0.6) is 0 Å². The average molecular weight is 791 g/mol. The molecule has 0 saturated heterocycles. The summed E-state index contributed by atoms with van der Waals surface area (Å²) in [7, 11) is 0. The van der Waals surface area contributed by atoms with Crippen LogP contribution in [0.1, 0.15) is 188 Å². The van der Waals surface area contributed by atoms with E-state index in [0.29, 0.717) is 19.3 Å². The van der Waals surface area contributed by atoms with Crippen molar-refractivity contribution in [2.45, 2.75) is 194 Å². The third-order valence-electron chi connectivity index (χ3n) is 9.15. The van der Waals surface area contributed by atoms with E-state index in [0.717, 1.165) is 116 Å². The van der Waals surface area contributed by atoms with Crippen LogP contribution in [0, 0.1) is 0 Å². The molecule has 1 unspecified atom stereocenters. The first-order chi connectivity index (χ1) is 28.0. The van der Waals surface area contributed by atoms with Crippen LogP contribution in [0.15, 0.2) is 97.2 Å². The molecule has 0 heterocycles. The summed E-state index contributed by atoms with van der Waals surface area (Å²) in [5.74, 6) is -0.982. The van der Waals surface area contributed by atoms with E-state index < -0.39 is 6.10 Å². The molecule has 0 fully saturated rings. The third-order valence-corrected chi connectivity index (χ3v) is 9.15. The van der Waals surface area contributed by atoms with Gasteiger partial charge in [0.15, 0.2) is 6.10 Å². The first-order valence-corrected chi connectivity index (χ1v) is 22.8. The van der Waals surface area contributed by atoms with Crippen molar-refractivity contribution in [2.24, 2.45) is 0 Å². The first-order valence-electron chi connectivity index (χ1n) is 22.8. The van der Waals surface area contributed by atoms with Crippen LogP contribution in [-0.4, -0.2) is 37.2 Å². The Morgan fingerprint density at radius 3 is 1.32 bits per heavy atom. The molecular formula is C51H82O6. The van der Waals surface area contributed by atoms with Crippen LogP contribution in [0.25, 0.3) is 0 Å². The predicted octanol–water partition coefficient (Wildman–Crippen LogP) is 14.6. The van der Waals surface area contributed by atoms with Crippen molar-refractivity contribution in [2.75, 3.05) is 13.2 Å². The number of allylic oxidation sites excluding steroid dienone is 16. The number of carbonyl (C=O) groups is 3. The SMILES string of the molecule is CC\C=C/C=C\C=C/C=C\CCCCCC(=O)OC(COC(=O)CCCCCC/C=C\CCCC)COC(=O)CCCCCCCC/C=C\C/C=C\C/C=C\CC. The normalized spacial score (nSPS) is 13.0. The fraction of sp³-hybridized carbons (Fsp3) is 0.627. The minimum atomic E-state index is -0.806. The van der Waals surface area contributed by atoms with Gasteiger partial charge in [0.2, 0.25) is 0 Å². The van der Waals surface area contributed by atoms with Crippen molar-refractivity contribution in [3.05, 3.63) is 97.2 Å². The molecule has 6 nitrogen and oxygen atoms in total. The van der Waals surface area contributed by atoms with Crippen molar-refractivity contribution in [3.63, 3.8) is 0 Å². The molecule has 6 heteroatoms. The van der Waals surface area contributed by atoms with Crippen LogP contribution >= 0.6 is 0 Å². The molecule has 0 rings (SSSR count). The summed E-state index contributed by atoms with van der Waals surface area (Å²) in [6.45, 7) is 6.26. The lowest BCUT2D eigenvalue weighted by Gasteiger charge is -2.18. The van der Waals surface area contributed by atoms with Gasteiger partial charge in [-0.25, -0.2) is 0 Å². The minimum Gasteiger partial charge on any atom is -0.462 e. The van der Waals surface area contributed by atoms with Gasteiger partial charge in [0.1, 0.15) is 13.2 Å². The lowest BCUT2D eigenvalue weighted by atomic mass is 10.1. The zero-order valence-electron chi connectivity index (χ0n) is 36.6. The quantitative estimate of drug-likeness (QED) is 0.0203. The molecule has 0 aromatic heterocycles. The van der Waals surface area contributed by atoms with Crippen molar-refractivity contribution in [3.8, 4) is 0 Å². The summed E-state index contributed by atoms with van der Waals surface area (Å²) in [5, 5.41) is 0. The number of hydrogen-bond acceptors (Lipinski definition) is 6. The van der Waals surface area contributed by atoms with Crippen LogP contribution in [-0.2, 0) is 28.6 Å². The van der Waals surface area contributed by atoms with E-state index in [1.54, 1.807) is 0 Å². The van der Waals surface area contributed by atoms with Gasteiger partial charge in [-0.15, -0.1) is 0 Å². The molecule has 0 aliphatic carbocycles. The second kappa shape index (κ2) is 45.0. The summed E-state index contributed by atoms with van der Waals surface area (Å²) in [5.41, 5.74) is 0. The van der Waals surface area contributed by atoms with Gasteiger partial charge in [-0.2, -0.15) is 0 Å². The number of unbranched alkanes of at least 4 members (excludes halogenated alkanes) is 15. The number of rotatable bonds is 39. The highest BCUT2D eigenvalue weighted by Gasteiger charge is 2.19. The maximum atomic E-state index is 12.7. The van der Waals surface area contributed by atoms with E-state index in [1.165, 1.54) is 25.7 Å². The molecule has 1 atom stereocenters. The maximum absolute atomic E-state index is 12.7. The van der Waals surface area contributed by atoms with Gasteiger partial charge in [0.25, 0.3) is 0 Å². The summed E-state index contributed by atoms with van der Waals surface area (Å²) in [6, 6.07) is 0. The van der Waals surface area contributed by atoms with Crippen molar-refractivity contribution >= 4 is 17.9 Å². The molecule has 57 heavy (non-hydrogen) atoms. The molecule has 0 aliphatic heterocycles. The van der Waals surface area contributed by atoms with Crippen molar-refractivity contribution < 1.29 is 28.6 Å². The fourth-order valence-electron chi connectivity index (χ4n) is 5.74. The van der Waals surface area contributed by atoms with Crippen LogP contribution < -0.4 is 0 Å². The Hall–Kier alpha value is -3.67. The lowest BCUT2D eigenvalue weighted by molar-refractivity contribution is -0.167. The molecule has 0 radical (unpaired) electrons. The number of esters is 3. The number of carbonyl (C=O) groups excluding carboxylic acids is 3. The Morgan fingerprint density at radius 1 is 0.386 bits per heavy atom. The standard InChI is InChI=1S/C51H82O6/c1-4-7-10-13-16-19-22-24-25-26-28-29-32-35-38-41-44-50(53)56-47-48(46-55-49(52)43-40-37-34-31-21-18-15-12-9-6-3)57-51(54)45-42-39-36-33-30-27-23-20-17-14-11-8-5-2/h7-8,10-11,14-20,23-25,27,30,48H,4-6,9,12-13,21-22,26,28-29,31-47H2,1-3H3/b10-7-,11-8-,17-14-,18-15-,19-16-,23-20-,25-24-,30-27-. The van der Waals surface area contributed by atoms with Crippen molar-refractivity contribution in [1.82, 2.24) is 0 Å². The van der Waals surface area contributed by atoms with Crippen molar-refractivity contribution in [1.29, 1.82) is 0 Å². The van der Waals surface area contributed by atoms with Crippen LogP contribution in [0.2, 0.25) is 0 Å². The third kappa shape index (κ3) is 43.3. The van der Waals surface area contributed by atoms with E-state index in [4.69, 9.17) is 14.2 Å². The van der Waals surface area contributed by atoms with E-state index in [1.807, 2.05) is 36.5 Å². The minimum absolute atomic E-state index is 0.106. The Labute approximate surface area is 349 Å². The van der Waals surface area contributed by atoms with Gasteiger partial charge in [-0.1, -0.05) is 176 Å². The largest absolute Gasteiger partial charge is 0.462 e. The molecule has 0 N–H and O–H groups in total. The van der Waals surface area contributed by atoms with E-state index >= 15 is 0 Å². The zero-order chi connectivity index (χ0) is 41.5. The van der Waals surface area contributed by atoms with E-state index in [9.17, 15) is 14.4 Å². The van der Waals surface area contributed by atoms with Gasteiger partial charge in [0, 0.05) is 19.3 Å². The maximum Gasteiger partial charge on any atom is 0.306 e. The Balaban J connectivity index is 4.48. The molecule has 0 saturated carbocycles. The molecule has 0 aliphatic rings. The number of hydrogen-bond donors (Lipinski definition) is 0. The second-order valence-corrected chi connectivity index (χ2v) is 14.6. The van der Waals surface area contributed by atoms with Gasteiger partial charge >= 0.3 is 17.9 Å². The van der Waals surface area contributed by atoms with Gasteiger partial charge < -0.3 is 14.2 Å². The number of ether oxygens (including phenoxy) is 3. The topological polar surface area (TPSA) is 78.9 Å². The molecule has 0 bridgehead atoms. The zero-order valence-corrected chi connectivity index (χ0v) is 36.6. The Kier molecular flexibility index (Phi) is 42.1. The lowest BCUT2D eigenvalue weighted by Crippen LogP contribution is -2.30. The first kappa shape index (κ1) is 53.3. The van der Waals surface area contributed by atoms with Crippen LogP contribution in [0.3, 0.4) is 0 Å². The van der Waals surface area contributed by atoms with Gasteiger partial charge in [0.05, 0.1) is 0 Å². The highest BCUT2D eigenvalue weighted by atomic mass is 16.6.